The third kappa shape index (κ3) is 1.90. The highest BCUT2D eigenvalue weighted by molar-refractivity contribution is 9.12. The second-order valence-electron chi connectivity index (χ2n) is 4.12. The molecular formula is C10H13BrO2. The standard InChI is InChI=1S/C10H13BrO2/c1-10(2)12-8-5-7(3-4-11)6-9(8)13-10/h7-9H,5-6H2,1-2H3/t7-,8-,9+. The van der Waals surface area contributed by atoms with Gasteiger partial charge in [-0.15, -0.1) is 0 Å². The summed E-state index contributed by atoms with van der Waals surface area (Å²) in [6.07, 6.45) is 2.53. The minimum Gasteiger partial charge on any atom is -0.345 e. The Labute approximate surface area is 87.1 Å². The van der Waals surface area contributed by atoms with Crippen LogP contribution in [0.15, 0.2) is 0 Å². The van der Waals surface area contributed by atoms with E-state index in [9.17, 15) is 0 Å². The van der Waals surface area contributed by atoms with E-state index in [-0.39, 0.29) is 18.0 Å². The molecule has 0 radical (unpaired) electrons. The normalized spacial score (nSPS) is 41.0. The molecule has 0 N–H and O–H groups in total. The van der Waals surface area contributed by atoms with Crippen molar-refractivity contribution in [3.63, 3.8) is 0 Å². The minimum atomic E-state index is -0.387. The highest BCUT2D eigenvalue weighted by Gasteiger charge is 2.46. The van der Waals surface area contributed by atoms with Gasteiger partial charge in [-0.3, -0.25) is 0 Å². The zero-order valence-corrected chi connectivity index (χ0v) is 9.43. The molecule has 72 valence electrons. The molecule has 2 aliphatic rings. The maximum absolute atomic E-state index is 5.74. The lowest BCUT2D eigenvalue weighted by molar-refractivity contribution is -0.152. The summed E-state index contributed by atoms with van der Waals surface area (Å²) >= 11 is 3.12. The minimum absolute atomic E-state index is 0.258. The Hall–Kier alpha value is -0.0400. The SMILES string of the molecule is CC1(C)O[C@H]2C[C@H](C#CBr)C[C@H]2O1. The summed E-state index contributed by atoms with van der Waals surface area (Å²) in [5, 5.41) is 0. The Kier molecular flexibility index (Phi) is 2.39. The monoisotopic (exact) mass is 244 g/mol. The topological polar surface area (TPSA) is 18.5 Å². The van der Waals surface area contributed by atoms with Gasteiger partial charge < -0.3 is 9.47 Å². The zero-order valence-electron chi connectivity index (χ0n) is 7.84. The molecule has 0 aromatic heterocycles. The lowest BCUT2D eigenvalue weighted by atomic mass is 10.1. The number of hydrogen-bond acceptors (Lipinski definition) is 2. The molecule has 1 aliphatic heterocycles. The van der Waals surface area contributed by atoms with Gasteiger partial charge in [-0.2, -0.15) is 0 Å². The summed E-state index contributed by atoms with van der Waals surface area (Å²) in [4.78, 5) is 2.77. The van der Waals surface area contributed by atoms with Gasteiger partial charge >= 0.3 is 0 Å². The molecule has 1 saturated heterocycles. The van der Waals surface area contributed by atoms with E-state index in [0.717, 1.165) is 12.8 Å². The third-order valence-electron chi connectivity index (χ3n) is 2.58. The molecule has 0 aromatic rings. The van der Waals surface area contributed by atoms with E-state index in [2.05, 4.69) is 26.7 Å². The van der Waals surface area contributed by atoms with Crippen LogP contribution in [0.3, 0.4) is 0 Å². The Morgan fingerprint density at radius 1 is 1.23 bits per heavy atom. The zero-order chi connectivity index (χ0) is 9.47. The fourth-order valence-corrected chi connectivity index (χ4v) is 2.48. The molecule has 2 nitrogen and oxygen atoms in total. The van der Waals surface area contributed by atoms with Crippen LogP contribution < -0.4 is 0 Å². The van der Waals surface area contributed by atoms with Crippen molar-refractivity contribution in [2.24, 2.45) is 5.92 Å². The number of fused-ring (bicyclic) bond motifs is 1. The number of ether oxygens (including phenoxy) is 2. The lowest BCUT2D eigenvalue weighted by Gasteiger charge is -2.18. The molecule has 13 heavy (non-hydrogen) atoms. The van der Waals surface area contributed by atoms with E-state index in [1.165, 1.54) is 0 Å². The number of hydrogen-bond donors (Lipinski definition) is 0. The summed E-state index contributed by atoms with van der Waals surface area (Å²) < 4.78 is 11.5. The largest absolute Gasteiger partial charge is 0.345 e. The van der Waals surface area contributed by atoms with Crippen molar-refractivity contribution in [1.29, 1.82) is 0 Å². The second-order valence-corrected chi connectivity index (χ2v) is 4.52. The van der Waals surface area contributed by atoms with E-state index in [1.54, 1.807) is 0 Å². The van der Waals surface area contributed by atoms with Crippen LogP contribution in [0.5, 0.6) is 0 Å². The molecule has 0 amide bonds. The van der Waals surface area contributed by atoms with Crippen LogP contribution in [0.1, 0.15) is 26.7 Å². The molecule has 0 unspecified atom stereocenters. The summed E-state index contributed by atoms with van der Waals surface area (Å²) in [7, 11) is 0. The van der Waals surface area contributed by atoms with Crippen LogP contribution in [-0.2, 0) is 9.47 Å². The predicted molar refractivity (Wildman–Crippen MR) is 53.3 cm³/mol. The molecule has 3 atom stereocenters. The van der Waals surface area contributed by atoms with E-state index in [0.29, 0.717) is 5.92 Å². The van der Waals surface area contributed by atoms with Crippen molar-refractivity contribution < 1.29 is 9.47 Å². The van der Waals surface area contributed by atoms with Crippen LogP contribution in [0, 0.1) is 16.7 Å². The van der Waals surface area contributed by atoms with Crippen LogP contribution >= 0.6 is 15.9 Å². The van der Waals surface area contributed by atoms with E-state index in [4.69, 9.17) is 9.47 Å². The van der Waals surface area contributed by atoms with E-state index >= 15 is 0 Å². The maximum Gasteiger partial charge on any atom is 0.163 e. The Morgan fingerprint density at radius 3 is 2.23 bits per heavy atom. The maximum atomic E-state index is 5.74. The Morgan fingerprint density at radius 2 is 1.77 bits per heavy atom. The molecule has 0 bridgehead atoms. The van der Waals surface area contributed by atoms with Gasteiger partial charge in [0, 0.05) is 21.8 Å². The van der Waals surface area contributed by atoms with Gasteiger partial charge in [-0.25, -0.2) is 0 Å². The van der Waals surface area contributed by atoms with E-state index in [1.807, 2.05) is 13.8 Å². The molecule has 2 fully saturated rings. The van der Waals surface area contributed by atoms with Crippen molar-refractivity contribution in [2.75, 3.05) is 0 Å². The summed E-state index contributed by atoms with van der Waals surface area (Å²) in [6.45, 7) is 3.94. The van der Waals surface area contributed by atoms with Crippen LogP contribution in [-0.4, -0.2) is 18.0 Å². The highest BCUT2D eigenvalue weighted by atomic mass is 79.9. The first-order valence-corrected chi connectivity index (χ1v) is 5.37. The van der Waals surface area contributed by atoms with Gasteiger partial charge in [0.25, 0.3) is 0 Å². The van der Waals surface area contributed by atoms with Gasteiger partial charge in [0.15, 0.2) is 5.79 Å². The average molecular weight is 245 g/mol. The fraction of sp³-hybridized carbons (Fsp3) is 0.800. The molecular weight excluding hydrogens is 232 g/mol. The van der Waals surface area contributed by atoms with Gasteiger partial charge in [0.1, 0.15) is 0 Å². The first-order chi connectivity index (χ1) is 6.11. The first-order valence-electron chi connectivity index (χ1n) is 4.57. The molecule has 1 saturated carbocycles. The molecule has 1 heterocycles. The Balaban J connectivity index is 1.99. The van der Waals surface area contributed by atoms with Crippen LogP contribution in [0.25, 0.3) is 0 Å². The molecule has 0 spiro atoms. The number of rotatable bonds is 0. The number of halogens is 1. The first kappa shape index (κ1) is 9.51. The van der Waals surface area contributed by atoms with Gasteiger partial charge in [-0.1, -0.05) is 5.92 Å². The summed E-state index contributed by atoms with van der Waals surface area (Å²) in [5.41, 5.74) is 0. The molecule has 1 aliphatic carbocycles. The summed E-state index contributed by atoms with van der Waals surface area (Å²) in [5.74, 6) is 3.16. The highest BCUT2D eigenvalue weighted by Crippen LogP contribution is 2.40. The summed E-state index contributed by atoms with van der Waals surface area (Å²) in [6, 6.07) is 0. The van der Waals surface area contributed by atoms with Crippen molar-refractivity contribution in [3.05, 3.63) is 0 Å². The van der Waals surface area contributed by atoms with Crippen molar-refractivity contribution in [1.82, 2.24) is 0 Å². The third-order valence-corrected chi connectivity index (χ3v) is 2.81. The van der Waals surface area contributed by atoms with Crippen molar-refractivity contribution in [2.45, 2.75) is 44.7 Å². The van der Waals surface area contributed by atoms with Crippen molar-refractivity contribution in [3.8, 4) is 10.8 Å². The predicted octanol–water partition coefficient (Wildman–Crippen LogP) is 2.27. The smallest absolute Gasteiger partial charge is 0.163 e. The van der Waals surface area contributed by atoms with Crippen LogP contribution in [0.4, 0.5) is 0 Å². The van der Waals surface area contributed by atoms with Crippen LogP contribution in [0.2, 0.25) is 0 Å². The Bertz CT molecular complexity index is 248. The molecule has 2 rings (SSSR count). The van der Waals surface area contributed by atoms with Gasteiger partial charge in [0.05, 0.1) is 12.2 Å². The second kappa shape index (κ2) is 3.27. The lowest BCUT2D eigenvalue weighted by Crippen LogP contribution is -2.22. The molecule has 0 aromatic carbocycles. The quantitative estimate of drug-likeness (QED) is 0.609. The van der Waals surface area contributed by atoms with E-state index < -0.39 is 0 Å². The molecule has 3 heteroatoms. The van der Waals surface area contributed by atoms with Gasteiger partial charge in [-0.05, 0) is 31.5 Å². The van der Waals surface area contributed by atoms with Gasteiger partial charge in [0.2, 0.25) is 0 Å². The average Bonchev–Trinajstić information content (AvgIpc) is 2.41. The fourth-order valence-electron chi connectivity index (χ4n) is 2.16. The van der Waals surface area contributed by atoms with Crippen molar-refractivity contribution >= 4 is 15.9 Å².